The zero-order valence-electron chi connectivity index (χ0n) is 24.0. The van der Waals surface area contributed by atoms with Crippen LogP contribution in [-0.2, 0) is 0 Å². The smallest absolute Gasteiger partial charge is 0.229 e. The molecule has 2 aliphatic heterocycles. The fourth-order valence-electron chi connectivity index (χ4n) is 5.49. The summed E-state index contributed by atoms with van der Waals surface area (Å²) in [4.78, 5) is 16.7. The lowest BCUT2D eigenvalue weighted by atomic mass is 10.0. The Kier molecular flexibility index (Phi) is 9.63. The van der Waals surface area contributed by atoms with Gasteiger partial charge in [-0.1, -0.05) is 37.7 Å². The Labute approximate surface area is 244 Å². The molecule has 3 heterocycles. The molecule has 2 aromatic carbocycles. The SMILES string of the molecule is CCOc1cc(N2CCC(N3CCN(C)CC3)CC2)ccc1Nc1ncc(Cl)c(Nc2ccccc2P(C)C)n1. The standard InChI is InChI=1S/C30H41ClN7OP/c1-5-39-27-20-23(37-14-12-22(13-15-37)38-18-16-36(2)17-19-38)10-11-25(27)34-30-32-21-24(31)29(35-30)33-26-8-6-7-9-28(26)40(3)4/h6-11,20-22H,5,12-19H2,1-4H3,(H2,32,33,34,35). The Hall–Kier alpha value is -2.64. The number of nitrogens with one attached hydrogen (secondary N) is 2. The van der Waals surface area contributed by atoms with Crippen molar-refractivity contribution in [1.29, 1.82) is 0 Å². The summed E-state index contributed by atoms with van der Waals surface area (Å²) in [5, 5.41) is 8.52. The Bertz CT molecular complexity index is 1280. The lowest BCUT2D eigenvalue weighted by Gasteiger charge is -2.42. The molecule has 8 nitrogen and oxygen atoms in total. The Morgan fingerprint density at radius 2 is 1.73 bits per heavy atom. The first-order valence-corrected chi connectivity index (χ1v) is 16.8. The molecule has 40 heavy (non-hydrogen) atoms. The van der Waals surface area contributed by atoms with Gasteiger partial charge in [-0.05, 0) is 63.6 Å². The molecule has 1 aromatic heterocycles. The van der Waals surface area contributed by atoms with Crippen LogP contribution >= 0.6 is 19.5 Å². The van der Waals surface area contributed by atoms with Crippen LogP contribution < -0.4 is 25.6 Å². The Morgan fingerprint density at radius 3 is 2.45 bits per heavy atom. The first kappa shape index (κ1) is 28.9. The highest BCUT2D eigenvalue weighted by Crippen LogP contribution is 2.35. The van der Waals surface area contributed by atoms with E-state index in [1.54, 1.807) is 6.20 Å². The number of hydrogen-bond donors (Lipinski definition) is 2. The molecule has 0 unspecified atom stereocenters. The highest BCUT2D eigenvalue weighted by molar-refractivity contribution is 7.64. The van der Waals surface area contributed by atoms with E-state index in [4.69, 9.17) is 21.3 Å². The maximum absolute atomic E-state index is 6.49. The van der Waals surface area contributed by atoms with E-state index in [0.717, 1.165) is 30.2 Å². The van der Waals surface area contributed by atoms with Gasteiger partial charge >= 0.3 is 0 Å². The molecule has 214 valence electrons. The van der Waals surface area contributed by atoms with Crippen molar-refractivity contribution in [2.75, 3.05) is 81.8 Å². The zero-order chi connectivity index (χ0) is 28.1. The number of aromatic nitrogens is 2. The minimum atomic E-state index is -0.284. The van der Waals surface area contributed by atoms with Gasteiger partial charge in [-0.15, -0.1) is 0 Å². The molecule has 0 radical (unpaired) electrons. The maximum atomic E-state index is 6.49. The number of para-hydroxylation sites is 1. The molecule has 3 aromatic rings. The van der Waals surface area contributed by atoms with Crippen molar-refractivity contribution < 1.29 is 4.74 Å². The van der Waals surface area contributed by atoms with Crippen molar-refractivity contribution in [2.24, 2.45) is 0 Å². The Balaban J connectivity index is 1.28. The number of ether oxygens (including phenoxy) is 1. The monoisotopic (exact) mass is 581 g/mol. The predicted octanol–water partition coefficient (Wildman–Crippen LogP) is 5.60. The fraction of sp³-hybridized carbons (Fsp3) is 0.467. The number of benzene rings is 2. The molecule has 2 N–H and O–H groups in total. The molecular formula is C30H41ClN7OP. The van der Waals surface area contributed by atoms with Crippen molar-refractivity contribution in [3.05, 3.63) is 53.7 Å². The molecule has 0 saturated carbocycles. The van der Waals surface area contributed by atoms with E-state index in [0.29, 0.717) is 29.4 Å². The summed E-state index contributed by atoms with van der Waals surface area (Å²) in [5.74, 6) is 1.82. The van der Waals surface area contributed by atoms with Crippen LogP contribution in [0.3, 0.4) is 0 Å². The van der Waals surface area contributed by atoms with Crippen molar-refractivity contribution in [2.45, 2.75) is 25.8 Å². The van der Waals surface area contributed by atoms with E-state index in [-0.39, 0.29) is 7.92 Å². The predicted molar refractivity (Wildman–Crippen MR) is 170 cm³/mol. The van der Waals surface area contributed by atoms with Crippen molar-refractivity contribution >= 4 is 53.7 Å². The molecule has 10 heteroatoms. The van der Waals surface area contributed by atoms with E-state index in [1.165, 1.54) is 50.0 Å². The molecule has 2 fully saturated rings. The van der Waals surface area contributed by atoms with E-state index >= 15 is 0 Å². The van der Waals surface area contributed by atoms with Gasteiger partial charge in [0.25, 0.3) is 0 Å². The number of piperidine rings is 1. The molecular weight excluding hydrogens is 541 g/mol. The van der Waals surface area contributed by atoms with E-state index in [2.05, 4.69) is 87.1 Å². The number of anilines is 5. The number of rotatable bonds is 9. The third kappa shape index (κ3) is 6.98. The molecule has 2 aliphatic rings. The van der Waals surface area contributed by atoms with Crippen LogP contribution in [0.4, 0.5) is 28.8 Å². The molecule has 0 aliphatic carbocycles. The van der Waals surface area contributed by atoms with Crippen molar-refractivity contribution in [3.8, 4) is 5.75 Å². The quantitative estimate of drug-likeness (QED) is 0.317. The largest absolute Gasteiger partial charge is 0.492 e. The zero-order valence-corrected chi connectivity index (χ0v) is 25.7. The summed E-state index contributed by atoms with van der Waals surface area (Å²) < 4.78 is 6.06. The van der Waals surface area contributed by atoms with Gasteiger partial charge in [0.15, 0.2) is 5.82 Å². The summed E-state index contributed by atoms with van der Waals surface area (Å²) in [6.45, 7) is 13.9. The second-order valence-electron chi connectivity index (χ2n) is 10.7. The van der Waals surface area contributed by atoms with Crippen LogP contribution in [0.15, 0.2) is 48.7 Å². The number of piperazine rings is 1. The lowest BCUT2D eigenvalue weighted by molar-refractivity contribution is 0.0982. The van der Waals surface area contributed by atoms with Gasteiger partial charge in [0.1, 0.15) is 10.8 Å². The summed E-state index contributed by atoms with van der Waals surface area (Å²) in [7, 11) is 1.93. The summed E-state index contributed by atoms with van der Waals surface area (Å²) in [6, 6.07) is 15.3. The first-order chi connectivity index (χ1) is 19.4. The van der Waals surface area contributed by atoms with Crippen LogP contribution in [0.5, 0.6) is 5.75 Å². The average molecular weight is 582 g/mol. The van der Waals surface area contributed by atoms with Crippen LogP contribution in [0, 0.1) is 0 Å². The number of likely N-dealkylation sites (N-methyl/N-ethyl adjacent to an activating group) is 1. The second-order valence-corrected chi connectivity index (χ2v) is 13.4. The summed E-state index contributed by atoms with van der Waals surface area (Å²) in [6.07, 6.45) is 4.02. The molecule has 0 bridgehead atoms. The van der Waals surface area contributed by atoms with Crippen LogP contribution in [0.2, 0.25) is 5.02 Å². The first-order valence-electron chi connectivity index (χ1n) is 14.2. The molecule has 5 rings (SSSR count). The van der Waals surface area contributed by atoms with Crippen LogP contribution in [0.25, 0.3) is 0 Å². The maximum Gasteiger partial charge on any atom is 0.229 e. The number of halogens is 1. The van der Waals surface area contributed by atoms with Gasteiger partial charge in [0, 0.05) is 62.8 Å². The second kappa shape index (κ2) is 13.3. The number of nitrogens with zero attached hydrogens (tertiary/aromatic N) is 5. The van der Waals surface area contributed by atoms with Gasteiger partial charge in [0.2, 0.25) is 5.95 Å². The highest BCUT2D eigenvalue weighted by Gasteiger charge is 2.27. The third-order valence-corrected chi connectivity index (χ3v) is 9.41. The van der Waals surface area contributed by atoms with E-state index in [9.17, 15) is 0 Å². The van der Waals surface area contributed by atoms with Gasteiger partial charge in [0.05, 0.1) is 18.5 Å². The van der Waals surface area contributed by atoms with Crippen molar-refractivity contribution in [3.63, 3.8) is 0 Å². The summed E-state index contributed by atoms with van der Waals surface area (Å²) >= 11 is 6.49. The number of hydrogen-bond acceptors (Lipinski definition) is 8. The minimum Gasteiger partial charge on any atom is -0.492 e. The molecule has 0 atom stereocenters. The van der Waals surface area contributed by atoms with Gasteiger partial charge in [-0.3, -0.25) is 4.90 Å². The van der Waals surface area contributed by atoms with Gasteiger partial charge in [-0.2, -0.15) is 4.98 Å². The summed E-state index contributed by atoms with van der Waals surface area (Å²) in [5.41, 5.74) is 3.04. The van der Waals surface area contributed by atoms with Crippen molar-refractivity contribution in [1.82, 2.24) is 19.8 Å². The van der Waals surface area contributed by atoms with Crippen LogP contribution in [-0.4, -0.2) is 92.1 Å². The van der Waals surface area contributed by atoms with E-state index < -0.39 is 0 Å². The molecule has 0 spiro atoms. The van der Waals surface area contributed by atoms with Gasteiger partial charge in [-0.25, -0.2) is 4.98 Å². The topological polar surface area (TPSA) is 68.8 Å². The average Bonchev–Trinajstić information content (AvgIpc) is 2.96. The van der Waals surface area contributed by atoms with E-state index in [1.807, 2.05) is 13.0 Å². The van der Waals surface area contributed by atoms with Crippen LogP contribution in [0.1, 0.15) is 19.8 Å². The third-order valence-electron chi connectivity index (χ3n) is 7.78. The fourth-order valence-corrected chi connectivity index (χ4v) is 6.63. The lowest BCUT2D eigenvalue weighted by Crippen LogP contribution is -2.52. The minimum absolute atomic E-state index is 0.284. The molecule has 2 saturated heterocycles. The van der Waals surface area contributed by atoms with Gasteiger partial charge < -0.3 is 25.2 Å². The Morgan fingerprint density at radius 1 is 0.975 bits per heavy atom. The normalized spacial score (nSPS) is 17.3. The highest BCUT2D eigenvalue weighted by atomic mass is 35.5. The molecule has 0 amide bonds.